The SMILES string of the molecule is CC(C)(C)c1nnc(-c2ccc3c(c2)N(Cc2ccc(-c4noc(C(F)(F)F)n4)cc2)C(=O)[C@@H](N)CS3(=O)=O)o1. The fourth-order valence-corrected chi connectivity index (χ4v) is 5.60. The first-order valence-corrected chi connectivity index (χ1v) is 13.6. The normalized spacial score (nSPS) is 17.5. The Morgan fingerprint density at radius 2 is 1.70 bits per heavy atom. The van der Waals surface area contributed by atoms with Crippen molar-refractivity contribution in [2.24, 2.45) is 5.73 Å². The number of nitrogens with two attached hydrogens (primary N) is 1. The van der Waals surface area contributed by atoms with Gasteiger partial charge in [0.1, 0.15) is 0 Å². The number of carbonyl (C=O) groups is 1. The topological polar surface area (TPSA) is 158 Å². The van der Waals surface area contributed by atoms with Gasteiger partial charge in [-0.05, 0) is 23.8 Å². The fourth-order valence-electron chi connectivity index (χ4n) is 4.04. The van der Waals surface area contributed by atoms with E-state index in [4.69, 9.17) is 10.2 Å². The molecule has 3 heterocycles. The van der Waals surface area contributed by atoms with Gasteiger partial charge in [0.15, 0.2) is 9.84 Å². The van der Waals surface area contributed by atoms with Crippen LogP contribution >= 0.6 is 0 Å². The summed E-state index contributed by atoms with van der Waals surface area (Å²) in [5, 5.41) is 11.5. The number of aromatic nitrogens is 4. The predicted octanol–water partition coefficient (Wildman–Crippen LogP) is 3.75. The monoisotopic (exact) mass is 576 g/mol. The number of amides is 1. The number of carbonyl (C=O) groups excluding carboxylic acids is 1. The van der Waals surface area contributed by atoms with Crippen molar-refractivity contribution < 1.29 is 35.3 Å². The lowest BCUT2D eigenvalue weighted by Crippen LogP contribution is -2.45. The predicted molar refractivity (Wildman–Crippen MR) is 134 cm³/mol. The molecule has 0 spiro atoms. The van der Waals surface area contributed by atoms with Crippen LogP contribution < -0.4 is 10.6 Å². The lowest BCUT2D eigenvalue weighted by molar-refractivity contribution is -0.159. The van der Waals surface area contributed by atoms with Crippen LogP contribution in [-0.4, -0.2) is 46.5 Å². The minimum atomic E-state index is -4.78. The van der Waals surface area contributed by atoms with E-state index in [9.17, 15) is 26.4 Å². The van der Waals surface area contributed by atoms with Crippen molar-refractivity contribution >= 4 is 21.4 Å². The van der Waals surface area contributed by atoms with Crippen molar-refractivity contribution in [2.45, 2.75) is 49.8 Å². The zero-order chi connectivity index (χ0) is 29.0. The lowest BCUT2D eigenvalue weighted by atomic mass is 9.97. The largest absolute Gasteiger partial charge is 0.471 e. The molecule has 0 fully saturated rings. The maximum Gasteiger partial charge on any atom is 0.471 e. The van der Waals surface area contributed by atoms with E-state index in [-0.39, 0.29) is 34.4 Å². The van der Waals surface area contributed by atoms with Crippen molar-refractivity contribution in [3.63, 3.8) is 0 Å². The fraction of sp³-hybridized carbons (Fsp3) is 0.320. The van der Waals surface area contributed by atoms with Gasteiger partial charge in [0.05, 0.1) is 28.9 Å². The molecule has 5 rings (SSSR count). The number of fused-ring (bicyclic) bond motifs is 1. The number of anilines is 1. The standard InChI is InChI=1S/C25H23F3N6O5S/c1-24(2,3)22-32-31-20(38-22)15-8-9-18-17(10-15)34(21(35)16(29)12-40(18,36)37)11-13-4-6-14(7-5-13)19-30-23(39-33-19)25(26,27)28/h4-10,16H,11-12,29H2,1-3H3/t16-/m0/s1. The minimum Gasteiger partial charge on any atom is -0.420 e. The Morgan fingerprint density at radius 3 is 2.30 bits per heavy atom. The highest BCUT2D eigenvalue weighted by Gasteiger charge is 2.39. The number of nitrogens with zero attached hydrogens (tertiary/aromatic N) is 5. The molecule has 2 aromatic carbocycles. The number of hydrogen-bond acceptors (Lipinski definition) is 10. The smallest absolute Gasteiger partial charge is 0.420 e. The van der Waals surface area contributed by atoms with Gasteiger partial charge in [-0.3, -0.25) is 4.79 Å². The first kappa shape index (κ1) is 27.5. The van der Waals surface area contributed by atoms with Crippen LogP contribution in [0.25, 0.3) is 22.8 Å². The zero-order valence-electron chi connectivity index (χ0n) is 21.4. The van der Waals surface area contributed by atoms with Crippen molar-refractivity contribution in [1.29, 1.82) is 0 Å². The minimum absolute atomic E-state index is 0.0861. The quantitative estimate of drug-likeness (QED) is 0.379. The number of alkyl halides is 3. The van der Waals surface area contributed by atoms with Crippen LogP contribution in [0.5, 0.6) is 0 Å². The summed E-state index contributed by atoms with van der Waals surface area (Å²) in [6, 6.07) is 9.07. The number of rotatable bonds is 4. The van der Waals surface area contributed by atoms with Crippen LogP contribution in [0.1, 0.15) is 38.1 Å². The third kappa shape index (κ3) is 5.21. The molecule has 11 nitrogen and oxygen atoms in total. The lowest BCUT2D eigenvalue weighted by Gasteiger charge is -2.24. The Hall–Kier alpha value is -4.11. The van der Waals surface area contributed by atoms with Crippen molar-refractivity contribution in [2.75, 3.05) is 10.7 Å². The van der Waals surface area contributed by atoms with Gasteiger partial charge < -0.3 is 19.6 Å². The van der Waals surface area contributed by atoms with E-state index in [1.165, 1.54) is 35.2 Å². The Bertz CT molecular complexity index is 1690. The molecule has 40 heavy (non-hydrogen) atoms. The average Bonchev–Trinajstić information content (AvgIpc) is 3.56. The summed E-state index contributed by atoms with van der Waals surface area (Å²) >= 11 is 0. The van der Waals surface area contributed by atoms with Gasteiger partial charge in [-0.2, -0.15) is 18.2 Å². The van der Waals surface area contributed by atoms with Gasteiger partial charge in [0, 0.05) is 16.5 Å². The average molecular weight is 577 g/mol. The second-order valence-electron chi connectivity index (χ2n) is 10.3. The molecule has 0 saturated heterocycles. The third-order valence-corrected chi connectivity index (χ3v) is 7.92. The molecule has 1 aliphatic rings. The zero-order valence-corrected chi connectivity index (χ0v) is 22.2. The van der Waals surface area contributed by atoms with E-state index in [1.807, 2.05) is 20.8 Å². The van der Waals surface area contributed by atoms with E-state index in [0.29, 0.717) is 17.0 Å². The van der Waals surface area contributed by atoms with Crippen LogP contribution in [0.2, 0.25) is 0 Å². The summed E-state index contributed by atoms with van der Waals surface area (Å²) in [7, 11) is -3.93. The van der Waals surface area contributed by atoms with Gasteiger partial charge in [-0.1, -0.05) is 50.2 Å². The molecule has 0 unspecified atom stereocenters. The van der Waals surface area contributed by atoms with E-state index in [1.54, 1.807) is 12.1 Å². The molecule has 210 valence electrons. The number of hydrogen-bond donors (Lipinski definition) is 1. The maximum absolute atomic E-state index is 13.3. The van der Waals surface area contributed by atoms with Gasteiger partial charge >= 0.3 is 12.1 Å². The Balaban J connectivity index is 1.51. The molecule has 4 aromatic rings. The van der Waals surface area contributed by atoms with Crippen LogP contribution in [0.3, 0.4) is 0 Å². The number of benzene rings is 2. The molecule has 0 radical (unpaired) electrons. The summed E-state index contributed by atoms with van der Waals surface area (Å²) in [6.45, 7) is 5.61. The summed E-state index contributed by atoms with van der Waals surface area (Å²) < 4.78 is 74.7. The van der Waals surface area contributed by atoms with Crippen LogP contribution in [0, 0.1) is 0 Å². The molecule has 0 aliphatic carbocycles. The summed E-state index contributed by atoms with van der Waals surface area (Å²) in [5.74, 6) is -2.42. The molecule has 0 saturated carbocycles. The first-order valence-electron chi connectivity index (χ1n) is 11.9. The molecule has 1 atom stereocenters. The second kappa shape index (κ2) is 9.52. The second-order valence-corrected chi connectivity index (χ2v) is 12.3. The molecular weight excluding hydrogens is 553 g/mol. The molecule has 0 bridgehead atoms. The van der Waals surface area contributed by atoms with E-state index in [0.717, 1.165) is 0 Å². The Kier molecular flexibility index (Phi) is 6.53. The highest BCUT2D eigenvalue weighted by atomic mass is 32.2. The maximum atomic E-state index is 13.3. The number of sulfone groups is 1. The van der Waals surface area contributed by atoms with E-state index in [2.05, 4.69) is 24.9 Å². The Labute approximate surface area is 226 Å². The first-order chi connectivity index (χ1) is 18.6. The van der Waals surface area contributed by atoms with E-state index < -0.39 is 45.0 Å². The van der Waals surface area contributed by atoms with Crippen molar-refractivity contribution in [3.8, 4) is 22.8 Å². The van der Waals surface area contributed by atoms with Gasteiger partial charge in [-0.15, -0.1) is 10.2 Å². The summed E-state index contributed by atoms with van der Waals surface area (Å²) in [5.41, 5.74) is 6.84. The van der Waals surface area contributed by atoms with Gasteiger partial charge in [0.25, 0.3) is 0 Å². The number of halogens is 3. The highest BCUT2D eigenvalue weighted by molar-refractivity contribution is 7.91. The van der Waals surface area contributed by atoms with Crippen molar-refractivity contribution in [3.05, 3.63) is 59.8 Å². The highest BCUT2D eigenvalue weighted by Crippen LogP contribution is 2.36. The van der Waals surface area contributed by atoms with Crippen molar-refractivity contribution in [1.82, 2.24) is 20.3 Å². The molecular formula is C25H23F3N6O5S. The van der Waals surface area contributed by atoms with Gasteiger partial charge in [0.2, 0.25) is 23.5 Å². The van der Waals surface area contributed by atoms with Crippen LogP contribution in [-0.2, 0) is 32.8 Å². The molecule has 1 amide bonds. The van der Waals surface area contributed by atoms with Crippen LogP contribution in [0.15, 0.2) is 56.3 Å². The van der Waals surface area contributed by atoms with E-state index >= 15 is 0 Å². The summed E-state index contributed by atoms with van der Waals surface area (Å²) in [4.78, 5) is 17.8. The Morgan fingerprint density at radius 1 is 1.02 bits per heavy atom. The van der Waals surface area contributed by atoms with Gasteiger partial charge in [-0.25, -0.2) is 8.42 Å². The molecule has 15 heteroatoms. The summed E-state index contributed by atoms with van der Waals surface area (Å²) in [6.07, 6.45) is -4.78. The molecule has 2 N–H and O–H groups in total. The van der Waals surface area contributed by atoms with Crippen LogP contribution in [0.4, 0.5) is 18.9 Å². The molecule has 2 aromatic heterocycles. The molecule has 1 aliphatic heterocycles. The third-order valence-electron chi connectivity index (χ3n) is 6.10.